The second kappa shape index (κ2) is 6.14. The van der Waals surface area contributed by atoms with E-state index in [4.69, 9.17) is 21.3 Å². The molecule has 0 atom stereocenters. The fourth-order valence-electron chi connectivity index (χ4n) is 1.51. The third-order valence-electron chi connectivity index (χ3n) is 2.74. The number of thiocarbonyl (C=S) groups is 1. The monoisotopic (exact) mass is 347 g/mol. The van der Waals surface area contributed by atoms with Gasteiger partial charge in [0.1, 0.15) is 0 Å². The lowest BCUT2D eigenvalue weighted by molar-refractivity contribution is -0.384. The molecule has 9 heteroatoms. The van der Waals surface area contributed by atoms with Crippen LogP contribution in [-0.4, -0.2) is 22.3 Å². The summed E-state index contributed by atoms with van der Waals surface area (Å²) in [5.41, 5.74) is 0.377. The highest BCUT2D eigenvalue weighted by atomic mass is 32.7. The van der Waals surface area contributed by atoms with E-state index in [-0.39, 0.29) is 11.1 Å². The number of nitrogens with zero attached hydrogens (tertiary/aromatic N) is 1. The molecule has 0 amide bonds. The number of rotatable bonds is 3. The van der Waals surface area contributed by atoms with Crippen LogP contribution in [0, 0.1) is 15.5 Å². The van der Waals surface area contributed by atoms with Crippen LogP contribution in [0.1, 0.15) is 19.4 Å². The Labute approximate surface area is 131 Å². The molecule has 0 aromatic heterocycles. The van der Waals surface area contributed by atoms with Crippen LogP contribution < -0.4 is 0 Å². The van der Waals surface area contributed by atoms with Gasteiger partial charge in [-0.1, -0.05) is 26.1 Å². The Morgan fingerprint density at radius 3 is 2.33 bits per heavy atom. The van der Waals surface area contributed by atoms with Gasteiger partial charge in [-0.05, 0) is 12.1 Å². The molecule has 2 rings (SSSR count). The maximum atomic E-state index is 12.4. The fourth-order valence-corrected chi connectivity index (χ4v) is 5.67. The van der Waals surface area contributed by atoms with E-state index < -0.39 is 11.7 Å². The van der Waals surface area contributed by atoms with E-state index >= 15 is 0 Å². The maximum Gasteiger partial charge on any atom is 0.394 e. The van der Waals surface area contributed by atoms with Gasteiger partial charge >= 0.3 is 6.80 Å². The molecule has 1 fully saturated rings. The summed E-state index contributed by atoms with van der Waals surface area (Å²) >= 11 is 6.06. The van der Waals surface area contributed by atoms with E-state index in [9.17, 15) is 14.7 Å². The predicted molar refractivity (Wildman–Crippen MR) is 85.7 cm³/mol. The van der Waals surface area contributed by atoms with Crippen molar-refractivity contribution in [2.45, 2.75) is 13.8 Å². The largest absolute Gasteiger partial charge is 0.394 e. The maximum absolute atomic E-state index is 12.4. The molecular weight excluding hydrogens is 333 g/mol. The van der Waals surface area contributed by atoms with Crippen molar-refractivity contribution in [1.82, 2.24) is 0 Å². The van der Waals surface area contributed by atoms with Crippen LogP contribution in [0.15, 0.2) is 24.3 Å². The number of nitro benzene ring substituents is 1. The summed E-state index contributed by atoms with van der Waals surface area (Å²) in [5.74, 6) is 0. The first-order valence-electron chi connectivity index (χ1n) is 6.08. The van der Waals surface area contributed by atoms with Crippen LogP contribution in [-0.2, 0) is 13.6 Å². The van der Waals surface area contributed by atoms with Gasteiger partial charge in [-0.25, -0.2) is 4.57 Å². The Bertz CT molecular complexity index is 603. The minimum absolute atomic E-state index is 0.0231. The Kier molecular flexibility index (Phi) is 4.85. The molecule has 0 saturated carbocycles. The molecule has 1 aromatic rings. The van der Waals surface area contributed by atoms with Gasteiger partial charge in [-0.2, -0.15) is 0 Å². The number of benzene rings is 1. The summed E-state index contributed by atoms with van der Waals surface area (Å²) < 4.78 is 23.4. The quantitative estimate of drug-likeness (QED) is 0.351. The molecule has 0 spiro atoms. The van der Waals surface area contributed by atoms with Crippen molar-refractivity contribution in [2.75, 3.05) is 13.2 Å². The molecule has 6 nitrogen and oxygen atoms in total. The van der Waals surface area contributed by atoms with Crippen molar-refractivity contribution >= 4 is 40.3 Å². The zero-order valence-corrected chi connectivity index (χ0v) is 14.0. The molecule has 1 aliphatic rings. The topological polar surface area (TPSA) is 78.7 Å². The Hall–Kier alpha value is -0.790. The molecule has 1 saturated heterocycles. The first kappa shape index (κ1) is 16.6. The number of hydrogen-bond donors (Lipinski definition) is 0. The van der Waals surface area contributed by atoms with E-state index in [0.29, 0.717) is 23.0 Å². The molecule has 1 aliphatic heterocycles. The SMILES string of the molecule is CC1(C)COP(=O)(SC(=S)c2ccc([N+](=O)[O-])cc2)OC1. The van der Waals surface area contributed by atoms with Gasteiger partial charge < -0.3 is 0 Å². The summed E-state index contributed by atoms with van der Waals surface area (Å²) in [6, 6.07) is 5.74. The van der Waals surface area contributed by atoms with Gasteiger partial charge in [0, 0.05) is 34.5 Å². The molecule has 0 unspecified atom stereocenters. The van der Waals surface area contributed by atoms with E-state index in [2.05, 4.69) is 0 Å². The summed E-state index contributed by atoms with van der Waals surface area (Å²) in [6.45, 7) is 1.27. The highest BCUT2D eigenvalue weighted by Crippen LogP contribution is 2.64. The van der Waals surface area contributed by atoms with Gasteiger partial charge in [0.25, 0.3) is 5.69 Å². The third kappa shape index (κ3) is 4.34. The van der Waals surface area contributed by atoms with Crippen molar-refractivity contribution in [3.63, 3.8) is 0 Å². The van der Waals surface area contributed by atoms with Crippen LogP contribution >= 0.6 is 30.4 Å². The minimum atomic E-state index is -3.30. The lowest BCUT2D eigenvalue weighted by Crippen LogP contribution is -2.28. The Morgan fingerprint density at radius 2 is 1.86 bits per heavy atom. The number of non-ortho nitro benzene ring substituents is 1. The predicted octanol–water partition coefficient (Wildman–Crippen LogP) is 4.18. The average Bonchev–Trinajstić information content (AvgIpc) is 2.43. The molecule has 114 valence electrons. The molecule has 0 aliphatic carbocycles. The van der Waals surface area contributed by atoms with Gasteiger partial charge in [0.15, 0.2) is 0 Å². The normalized spacial score (nSPS) is 19.9. The van der Waals surface area contributed by atoms with Crippen LogP contribution in [0.5, 0.6) is 0 Å². The van der Waals surface area contributed by atoms with E-state index in [0.717, 1.165) is 11.4 Å². The standard InChI is InChI=1S/C12H14NO5PS2/c1-12(2)7-17-19(16,18-8-12)21-11(20)9-3-5-10(6-4-9)13(14)15/h3-6H,7-8H2,1-2H3. The van der Waals surface area contributed by atoms with Gasteiger partial charge in [0.2, 0.25) is 0 Å². The van der Waals surface area contributed by atoms with Crippen molar-refractivity contribution < 1.29 is 18.5 Å². The highest BCUT2D eigenvalue weighted by molar-refractivity contribution is 8.65. The van der Waals surface area contributed by atoms with E-state index in [1.807, 2.05) is 13.8 Å². The van der Waals surface area contributed by atoms with E-state index in [1.165, 1.54) is 24.3 Å². The van der Waals surface area contributed by atoms with Crippen LogP contribution in [0.25, 0.3) is 0 Å². The molecule has 1 aromatic carbocycles. The number of nitro groups is 1. The van der Waals surface area contributed by atoms with Crippen LogP contribution in [0.2, 0.25) is 0 Å². The number of hydrogen-bond acceptors (Lipinski definition) is 7. The molecule has 21 heavy (non-hydrogen) atoms. The molecular formula is C12H14NO5PS2. The third-order valence-corrected chi connectivity index (χ3v) is 6.96. The Balaban J connectivity index is 2.04. The molecule has 1 heterocycles. The first-order valence-corrected chi connectivity index (χ1v) is 9.46. The average molecular weight is 347 g/mol. The zero-order valence-electron chi connectivity index (χ0n) is 11.5. The molecule has 0 bridgehead atoms. The smallest absolute Gasteiger partial charge is 0.300 e. The van der Waals surface area contributed by atoms with Crippen molar-refractivity contribution in [1.29, 1.82) is 0 Å². The van der Waals surface area contributed by atoms with Crippen molar-refractivity contribution in [3.8, 4) is 0 Å². The highest BCUT2D eigenvalue weighted by Gasteiger charge is 2.38. The molecule has 0 N–H and O–H groups in total. The van der Waals surface area contributed by atoms with Crippen LogP contribution in [0.4, 0.5) is 5.69 Å². The van der Waals surface area contributed by atoms with Crippen molar-refractivity contribution in [3.05, 3.63) is 39.9 Å². The second-order valence-corrected chi connectivity index (χ2v) is 9.90. The summed E-state index contributed by atoms with van der Waals surface area (Å²) in [5, 5.41) is 10.6. The van der Waals surface area contributed by atoms with Gasteiger partial charge in [-0.3, -0.25) is 19.2 Å². The van der Waals surface area contributed by atoms with Gasteiger partial charge in [0.05, 0.1) is 22.3 Å². The van der Waals surface area contributed by atoms with Gasteiger partial charge in [-0.15, -0.1) is 0 Å². The van der Waals surface area contributed by atoms with E-state index in [1.54, 1.807) is 0 Å². The summed E-state index contributed by atoms with van der Waals surface area (Å²) in [4.78, 5) is 10.1. The lowest BCUT2D eigenvalue weighted by Gasteiger charge is -2.33. The lowest BCUT2D eigenvalue weighted by atomic mass is 9.97. The van der Waals surface area contributed by atoms with Crippen LogP contribution in [0.3, 0.4) is 0 Å². The zero-order chi connectivity index (χ0) is 15.7. The summed E-state index contributed by atoms with van der Waals surface area (Å²) in [6.07, 6.45) is 0. The fraction of sp³-hybridized carbons (Fsp3) is 0.417. The Morgan fingerprint density at radius 1 is 1.33 bits per heavy atom. The summed E-state index contributed by atoms with van der Waals surface area (Å²) in [7, 11) is 0. The second-order valence-electron chi connectivity index (χ2n) is 5.34. The molecule has 0 radical (unpaired) electrons. The van der Waals surface area contributed by atoms with Crippen molar-refractivity contribution in [2.24, 2.45) is 5.41 Å². The first-order chi connectivity index (χ1) is 9.71. The minimum Gasteiger partial charge on any atom is -0.300 e.